The first kappa shape index (κ1) is 11.2. The minimum Gasteiger partial charge on any atom is -0.377 e. The molecule has 0 fully saturated rings. The Morgan fingerprint density at radius 3 is 2.25 bits per heavy atom. The number of hydrogen-bond donors (Lipinski definition) is 0. The van der Waals surface area contributed by atoms with Crippen molar-refractivity contribution in [2.45, 2.75) is 0 Å². The van der Waals surface area contributed by atoms with E-state index in [2.05, 4.69) is 6.07 Å². The molecule has 0 atom stereocenters. The van der Waals surface area contributed by atoms with Gasteiger partial charge in [-0.3, -0.25) is 0 Å². The summed E-state index contributed by atoms with van der Waals surface area (Å²) in [6.07, 6.45) is 0. The molecule has 0 aliphatic heterocycles. The standard InChI is InChI=1S/C9H10N2.HI/c1-11(2)9-6-4-3-5-8(9)7-10;/h3-6H,1-2H3;1H. The highest BCUT2D eigenvalue weighted by Crippen LogP contribution is 2.15. The van der Waals surface area contributed by atoms with Crippen molar-refractivity contribution in [3.05, 3.63) is 29.8 Å². The molecule has 0 aliphatic rings. The summed E-state index contributed by atoms with van der Waals surface area (Å²) in [4.78, 5) is 1.93. The first-order chi connectivity index (χ1) is 5.25. The zero-order valence-electron chi connectivity index (χ0n) is 7.11. The summed E-state index contributed by atoms with van der Waals surface area (Å²) in [5.74, 6) is 0. The second-order valence-electron chi connectivity index (χ2n) is 2.52. The van der Waals surface area contributed by atoms with Gasteiger partial charge in [0, 0.05) is 14.1 Å². The van der Waals surface area contributed by atoms with Crippen molar-refractivity contribution in [1.82, 2.24) is 0 Å². The molecular formula is C9H11IN2. The average Bonchev–Trinajstić information content (AvgIpc) is 2.04. The van der Waals surface area contributed by atoms with Crippen molar-refractivity contribution < 1.29 is 0 Å². The number of rotatable bonds is 1. The molecule has 0 amide bonds. The molecule has 0 unspecified atom stereocenters. The van der Waals surface area contributed by atoms with Crippen LogP contribution in [0.1, 0.15) is 5.56 Å². The molecule has 0 aliphatic carbocycles. The molecule has 0 saturated carbocycles. The molecule has 12 heavy (non-hydrogen) atoms. The van der Waals surface area contributed by atoms with E-state index in [1.54, 1.807) is 0 Å². The number of benzene rings is 1. The third kappa shape index (κ3) is 2.38. The van der Waals surface area contributed by atoms with E-state index in [1.807, 2.05) is 43.3 Å². The van der Waals surface area contributed by atoms with Crippen molar-refractivity contribution >= 4 is 29.7 Å². The van der Waals surface area contributed by atoms with Gasteiger partial charge in [0.25, 0.3) is 0 Å². The topological polar surface area (TPSA) is 27.0 Å². The van der Waals surface area contributed by atoms with Crippen LogP contribution < -0.4 is 4.90 Å². The predicted octanol–water partition coefficient (Wildman–Crippen LogP) is 2.24. The van der Waals surface area contributed by atoms with Crippen molar-refractivity contribution in [3.8, 4) is 6.07 Å². The molecule has 0 aromatic heterocycles. The van der Waals surface area contributed by atoms with Gasteiger partial charge >= 0.3 is 0 Å². The quantitative estimate of drug-likeness (QED) is 0.734. The smallest absolute Gasteiger partial charge is 0.101 e. The molecule has 2 nitrogen and oxygen atoms in total. The van der Waals surface area contributed by atoms with Crippen molar-refractivity contribution in [2.24, 2.45) is 0 Å². The van der Waals surface area contributed by atoms with E-state index in [0.717, 1.165) is 11.3 Å². The Morgan fingerprint density at radius 2 is 1.83 bits per heavy atom. The van der Waals surface area contributed by atoms with Gasteiger partial charge in [0.1, 0.15) is 6.07 Å². The molecular weight excluding hydrogens is 263 g/mol. The average molecular weight is 274 g/mol. The zero-order chi connectivity index (χ0) is 8.27. The normalized spacial score (nSPS) is 8.08. The van der Waals surface area contributed by atoms with Crippen molar-refractivity contribution in [1.29, 1.82) is 5.26 Å². The Hall–Kier alpha value is -0.760. The SMILES string of the molecule is CN(C)c1ccccc1C#N.I. The number of nitriles is 1. The fraction of sp³-hybridized carbons (Fsp3) is 0.222. The molecule has 0 saturated heterocycles. The Morgan fingerprint density at radius 1 is 1.25 bits per heavy atom. The van der Waals surface area contributed by atoms with Crippen LogP contribution in [0.25, 0.3) is 0 Å². The summed E-state index contributed by atoms with van der Waals surface area (Å²) >= 11 is 0. The van der Waals surface area contributed by atoms with Crippen LogP contribution in [0.3, 0.4) is 0 Å². The third-order valence-corrected chi connectivity index (χ3v) is 1.51. The van der Waals surface area contributed by atoms with E-state index >= 15 is 0 Å². The fourth-order valence-corrected chi connectivity index (χ4v) is 0.958. The van der Waals surface area contributed by atoms with E-state index in [-0.39, 0.29) is 24.0 Å². The van der Waals surface area contributed by atoms with Gasteiger partial charge in [-0.15, -0.1) is 24.0 Å². The van der Waals surface area contributed by atoms with E-state index in [4.69, 9.17) is 5.26 Å². The molecule has 1 rings (SSSR count). The van der Waals surface area contributed by atoms with Crippen LogP contribution in [0, 0.1) is 11.3 Å². The van der Waals surface area contributed by atoms with Gasteiger partial charge in [-0.1, -0.05) is 12.1 Å². The summed E-state index contributed by atoms with van der Waals surface area (Å²) in [6.45, 7) is 0. The molecule has 0 N–H and O–H groups in total. The highest BCUT2D eigenvalue weighted by atomic mass is 127. The van der Waals surface area contributed by atoms with Crippen molar-refractivity contribution in [2.75, 3.05) is 19.0 Å². The van der Waals surface area contributed by atoms with Gasteiger partial charge in [0.15, 0.2) is 0 Å². The number of halogens is 1. The molecule has 64 valence electrons. The van der Waals surface area contributed by atoms with E-state index in [9.17, 15) is 0 Å². The fourth-order valence-electron chi connectivity index (χ4n) is 0.958. The number of hydrogen-bond acceptors (Lipinski definition) is 2. The molecule has 0 radical (unpaired) electrons. The van der Waals surface area contributed by atoms with E-state index in [1.165, 1.54) is 0 Å². The molecule has 1 aromatic carbocycles. The van der Waals surface area contributed by atoms with Crippen LogP contribution in [0.4, 0.5) is 5.69 Å². The highest BCUT2D eigenvalue weighted by molar-refractivity contribution is 14.0. The second-order valence-corrected chi connectivity index (χ2v) is 2.52. The van der Waals surface area contributed by atoms with Crippen LogP contribution in [-0.2, 0) is 0 Å². The van der Waals surface area contributed by atoms with Gasteiger partial charge in [0.2, 0.25) is 0 Å². The van der Waals surface area contributed by atoms with E-state index < -0.39 is 0 Å². The second kappa shape index (κ2) is 4.99. The monoisotopic (exact) mass is 274 g/mol. The van der Waals surface area contributed by atoms with Gasteiger partial charge < -0.3 is 4.90 Å². The van der Waals surface area contributed by atoms with Crippen LogP contribution in [0.15, 0.2) is 24.3 Å². The summed E-state index contributed by atoms with van der Waals surface area (Å²) in [6, 6.07) is 9.67. The lowest BCUT2D eigenvalue weighted by Crippen LogP contribution is -2.09. The lowest BCUT2D eigenvalue weighted by atomic mass is 10.2. The zero-order valence-corrected chi connectivity index (χ0v) is 9.44. The summed E-state index contributed by atoms with van der Waals surface area (Å²) in [5.41, 5.74) is 1.69. The Labute approximate surface area is 89.8 Å². The van der Waals surface area contributed by atoms with Gasteiger partial charge in [-0.05, 0) is 12.1 Å². The lowest BCUT2D eigenvalue weighted by molar-refractivity contribution is 1.12. The van der Waals surface area contributed by atoms with Crippen LogP contribution in [0.2, 0.25) is 0 Å². The van der Waals surface area contributed by atoms with Crippen LogP contribution >= 0.6 is 24.0 Å². The Balaban J connectivity index is 0.00000121. The van der Waals surface area contributed by atoms with Gasteiger partial charge in [-0.25, -0.2) is 0 Å². The van der Waals surface area contributed by atoms with Crippen LogP contribution in [-0.4, -0.2) is 14.1 Å². The summed E-state index contributed by atoms with van der Waals surface area (Å²) < 4.78 is 0. The van der Waals surface area contributed by atoms with Gasteiger partial charge in [-0.2, -0.15) is 5.26 Å². The summed E-state index contributed by atoms with van der Waals surface area (Å²) in [7, 11) is 3.85. The number of para-hydroxylation sites is 1. The molecule has 0 heterocycles. The van der Waals surface area contributed by atoms with E-state index in [0.29, 0.717) is 0 Å². The summed E-state index contributed by atoms with van der Waals surface area (Å²) in [5, 5.41) is 8.69. The molecule has 0 bridgehead atoms. The maximum absolute atomic E-state index is 8.69. The predicted molar refractivity (Wildman–Crippen MR) is 60.9 cm³/mol. The molecule has 3 heteroatoms. The maximum Gasteiger partial charge on any atom is 0.101 e. The Bertz CT molecular complexity index is 289. The Kier molecular flexibility index (Phi) is 4.67. The molecule has 0 spiro atoms. The number of nitrogens with zero attached hydrogens (tertiary/aromatic N) is 2. The third-order valence-electron chi connectivity index (χ3n) is 1.51. The minimum atomic E-state index is 0. The van der Waals surface area contributed by atoms with Gasteiger partial charge in [0.05, 0.1) is 11.3 Å². The van der Waals surface area contributed by atoms with Crippen molar-refractivity contribution in [3.63, 3.8) is 0 Å². The minimum absolute atomic E-state index is 0. The highest BCUT2D eigenvalue weighted by Gasteiger charge is 1.99. The van der Waals surface area contributed by atoms with Crippen LogP contribution in [0.5, 0.6) is 0 Å². The largest absolute Gasteiger partial charge is 0.377 e. The first-order valence-electron chi connectivity index (χ1n) is 3.42. The first-order valence-corrected chi connectivity index (χ1v) is 3.42. The number of anilines is 1. The maximum atomic E-state index is 8.69. The lowest BCUT2D eigenvalue weighted by Gasteiger charge is -2.12. The molecule has 1 aromatic rings.